The lowest BCUT2D eigenvalue weighted by Gasteiger charge is -2.19. The topological polar surface area (TPSA) is 72.1 Å². The number of aromatic nitrogens is 1. The van der Waals surface area contributed by atoms with E-state index in [1.165, 1.54) is 15.9 Å². The average Bonchev–Trinajstić information content (AvgIpc) is 3.07. The van der Waals surface area contributed by atoms with Gasteiger partial charge >= 0.3 is 5.76 Å². The van der Waals surface area contributed by atoms with E-state index in [9.17, 15) is 4.79 Å². The maximum atomic E-state index is 11.9. The third kappa shape index (κ3) is 11.6. The van der Waals surface area contributed by atoms with Crippen LogP contribution in [0.5, 0.6) is 0 Å². The number of hydrogen-bond acceptors (Lipinski definition) is 11. The Morgan fingerprint density at radius 1 is 0.941 bits per heavy atom. The van der Waals surface area contributed by atoms with Crippen molar-refractivity contribution in [3.8, 4) is 0 Å². The van der Waals surface area contributed by atoms with Crippen molar-refractivity contribution < 1.29 is 22.5 Å². The van der Waals surface area contributed by atoms with Crippen molar-refractivity contribution in [2.24, 2.45) is 0 Å². The summed E-state index contributed by atoms with van der Waals surface area (Å²) in [6, 6.07) is 5.07. The quantitative estimate of drug-likeness (QED) is 0.110. The zero-order valence-electron chi connectivity index (χ0n) is 19.9. The Balaban J connectivity index is 0.000000385. The highest BCUT2D eigenvalue weighted by atomic mass is 35.5. The van der Waals surface area contributed by atoms with E-state index in [2.05, 4.69) is 6.92 Å². The van der Waals surface area contributed by atoms with Crippen LogP contribution in [0.3, 0.4) is 0 Å². The second-order valence-electron chi connectivity index (χ2n) is 5.97. The maximum Gasteiger partial charge on any atom is 0.420 e. The molecule has 1 aromatic heterocycles. The molecular weight excluding hydrogens is 596 g/mol. The number of hydrogen-bond donors (Lipinski definition) is 0. The minimum Gasteiger partial charge on any atom is -0.408 e. The normalized spacial score (nSPS) is 12.1. The molecule has 7 nitrogen and oxygen atoms in total. The first kappa shape index (κ1) is 33.0. The third-order valence-corrected chi connectivity index (χ3v) is 16.3. The molecule has 0 aliphatic carbocycles. The first-order valence-electron chi connectivity index (χ1n) is 10.6. The van der Waals surface area contributed by atoms with Crippen LogP contribution in [0, 0.1) is 0 Å². The highest BCUT2D eigenvalue weighted by molar-refractivity contribution is 8.69. The lowest BCUT2D eigenvalue weighted by atomic mass is 10.3. The van der Waals surface area contributed by atoms with Gasteiger partial charge in [-0.3, -0.25) is 4.57 Å². The molecule has 0 unspecified atom stereocenters. The number of thioether (sulfide) groups is 1. The summed E-state index contributed by atoms with van der Waals surface area (Å²) in [4.78, 5) is 11.9. The summed E-state index contributed by atoms with van der Waals surface area (Å²) >= 11 is 21.4. The van der Waals surface area contributed by atoms with Gasteiger partial charge < -0.3 is 22.5 Å². The summed E-state index contributed by atoms with van der Waals surface area (Å²) in [5, 5.41) is 1.48. The molecule has 0 aliphatic heterocycles. The summed E-state index contributed by atoms with van der Waals surface area (Å²) < 4.78 is 28.7. The molecule has 0 aliphatic rings. The van der Waals surface area contributed by atoms with Crippen molar-refractivity contribution in [3.63, 3.8) is 0 Å². The molecule has 0 spiro atoms. The minimum atomic E-state index is -2.45. The molecule has 1 heterocycles. The summed E-state index contributed by atoms with van der Waals surface area (Å²) in [5.41, 5.74) is -3.34. The van der Waals surface area contributed by atoms with Crippen LogP contribution in [0.4, 0.5) is 0 Å². The Hall–Kier alpha value is 0.970. The fraction of sp³-hybridized carbons (Fsp3) is 0.632. The molecule has 0 radical (unpaired) electrons. The number of benzene rings is 1. The lowest BCUT2D eigenvalue weighted by molar-refractivity contribution is 0.280. The van der Waals surface area contributed by atoms with Crippen LogP contribution in [-0.4, -0.2) is 41.8 Å². The van der Waals surface area contributed by atoms with Gasteiger partial charge in [-0.2, -0.15) is 11.8 Å². The molecule has 0 atom stereocenters. The minimum absolute atomic E-state index is 0.310. The van der Waals surface area contributed by atoms with Gasteiger partial charge in [-0.05, 0) is 80.6 Å². The molecule has 0 fully saturated rings. The maximum absolute atomic E-state index is 11.9. The average molecular weight is 628 g/mol. The van der Waals surface area contributed by atoms with Crippen molar-refractivity contribution in [2.75, 3.05) is 37.3 Å². The number of nitrogens with zero attached hydrogens (tertiary/aromatic N) is 1. The van der Waals surface area contributed by atoms with Gasteiger partial charge in [0.15, 0.2) is 5.58 Å². The van der Waals surface area contributed by atoms with E-state index >= 15 is 0 Å². The van der Waals surface area contributed by atoms with Gasteiger partial charge in [0, 0.05) is 16.2 Å². The van der Waals surface area contributed by atoms with Crippen molar-refractivity contribution >= 4 is 92.2 Å². The van der Waals surface area contributed by atoms with E-state index < -0.39 is 17.1 Å². The highest BCUT2D eigenvalue weighted by Crippen LogP contribution is 2.62. The first-order chi connectivity index (χ1) is 16.2. The van der Waals surface area contributed by atoms with E-state index in [1.807, 2.05) is 39.5 Å². The molecule has 34 heavy (non-hydrogen) atoms. The second kappa shape index (κ2) is 17.5. The number of rotatable bonds is 15. The smallest absolute Gasteiger partial charge is 0.408 e. The molecule has 0 saturated carbocycles. The Kier molecular flexibility index (Phi) is 17.0. The summed E-state index contributed by atoms with van der Waals surface area (Å²) in [6.07, 6.45) is 0. The van der Waals surface area contributed by atoms with Gasteiger partial charge in [-0.25, -0.2) is 4.79 Å². The van der Waals surface area contributed by atoms with Gasteiger partial charge in [0.2, 0.25) is 11.4 Å². The van der Waals surface area contributed by atoms with Crippen molar-refractivity contribution in [2.45, 2.75) is 40.5 Å². The van der Waals surface area contributed by atoms with E-state index in [-0.39, 0.29) is 0 Å². The fourth-order valence-electron chi connectivity index (χ4n) is 2.33. The largest absolute Gasteiger partial charge is 0.420 e. The SMILES string of the molecule is CCOP(=S)(OCC)SCSCC.CCOP(=S)(OCC)SCn1c(=O)oc2cc(Cl)ccc21. The molecule has 0 bridgehead atoms. The predicted molar refractivity (Wildman–Crippen MR) is 159 cm³/mol. The predicted octanol–water partition coefficient (Wildman–Crippen LogP) is 7.96. The number of oxazole rings is 1. The van der Waals surface area contributed by atoms with Crippen molar-refractivity contribution in [3.05, 3.63) is 33.8 Å². The fourth-order valence-corrected chi connectivity index (χ4v) is 13.8. The molecule has 15 heteroatoms. The molecule has 0 saturated heterocycles. The van der Waals surface area contributed by atoms with Crippen LogP contribution in [0.25, 0.3) is 11.1 Å². The molecule has 0 amide bonds. The van der Waals surface area contributed by atoms with E-state index in [1.54, 1.807) is 29.6 Å². The second-order valence-corrected chi connectivity index (χ2v) is 20.6. The standard InChI is InChI=1S/C12H15ClNO4PS2.C7H17O2PS3/c1-3-16-19(20,17-4-2)21-8-14-10-6-5-9(13)7-11(10)18-12(14)15;1-4-8-10(11,9-5-2)13-7-12-6-3/h5-7H,3-4,8H2,1-2H3;4-7H2,1-3H3. The molecule has 0 N–H and O–H groups in total. The summed E-state index contributed by atoms with van der Waals surface area (Å²) in [5.74, 6) is 0.972. The lowest BCUT2D eigenvalue weighted by Crippen LogP contribution is -2.12. The van der Waals surface area contributed by atoms with Gasteiger partial charge in [0.05, 0.1) is 37.8 Å². The molecule has 2 rings (SSSR count). The first-order valence-corrected chi connectivity index (χ1v) is 20.6. The number of halogens is 1. The van der Waals surface area contributed by atoms with Crippen LogP contribution in [0.1, 0.15) is 34.6 Å². The van der Waals surface area contributed by atoms with Crippen molar-refractivity contribution in [1.82, 2.24) is 4.57 Å². The van der Waals surface area contributed by atoms with Crippen LogP contribution >= 0.6 is 57.5 Å². The molecule has 1 aromatic carbocycles. The zero-order valence-corrected chi connectivity index (χ0v) is 26.5. The molecular formula is C19H32ClNO6P2S5. The summed E-state index contributed by atoms with van der Waals surface area (Å²) in [6.45, 7) is 12.0. The van der Waals surface area contributed by atoms with Crippen LogP contribution in [-0.2, 0) is 47.6 Å². The van der Waals surface area contributed by atoms with Crippen LogP contribution in [0.2, 0.25) is 5.02 Å². The summed E-state index contributed by atoms with van der Waals surface area (Å²) in [7, 11) is 0. The van der Waals surface area contributed by atoms with Crippen molar-refractivity contribution in [1.29, 1.82) is 0 Å². The van der Waals surface area contributed by atoms with Gasteiger partial charge in [-0.1, -0.05) is 29.9 Å². The van der Waals surface area contributed by atoms with Gasteiger partial charge in [0.25, 0.3) is 0 Å². The number of fused-ring (bicyclic) bond motifs is 1. The van der Waals surface area contributed by atoms with E-state index in [0.717, 1.165) is 10.8 Å². The van der Waals surface area contributed by atoms with Crippen LogP contribution < -0.4 is 5.76 Å². The Morgan fingerprint density at radius 3 is 1.97 bits per heavy atom. The Morgan fingerprint density at radius 2 is 1.47 bits per heavy atom. The Bertz CT molecular complexity index is 1000. The molecule has 196 valence electrons. The highest BCUT2D eigenvalue weighted by Gasteiger charge is 2.21. The van der Waals surface area contributed by atoms with Crippen LogP contribution in [0.15, 0.2) is 27.4 Å². The van der Waals surface area contributed by atoms with Gasteiger partial charge in [-0.15, -0.1) is 0 Å². The third-order valence-electron chi connectivity index (χ3n) is 3.62. The van der Waals surface area contributed by atoms with Gasteiger partial charge in [0.1, 0.15) is 0 Å². The van der Waals surface area contributed by atoms with E-state index in [0.29, 0.717) is 48.4 Å². The molecule has 2 aromatic rings. The van der Waals surface area contributed by atoms with E-state index in [4.69, 9.17) is 57.7 Å². The Labute approximate surface area is 229 Å². The zero-order chi connectivity index (χ0) is 25.6. The monoisotopic (exact) mass is 627 g/mol.